The Morgan fingerprint density at radius 2 is 1.50 bits per heavy atom. The van der Waals surface area contributed by atoms with E-state index >= 15 is 0 Å². The molecule has 0 fully saturated rings. The van der Waals surface area contributed by atoms with Gasteiger partial charge in [0, 0.05) is 6.42 Å². The van der Waals surface area contributed by atoms with Gasteiger partial charge in [0.25, 0.3) is 0 Å². The van der Waals surface area contributed by atoms with Gasteiger partial charge in [0.2, 0.25) is 0 Å². The summed E-state index contributed by atoms with van der Waals surface area (Å²) in [5.74, 6) is -0.0868. The van der Waals surface area contributed by atoms with Gasteiger partial charge < -0.3 is 4.74 Å². The lowest BCUT2D eigenvalue weighted by Crippen LogP contribution is -1.98. The number of allylic oxidation sites excluding steroid dienone is 1. The van der Waals surface area contributed by atoms with E-state index in [1.807, 2.05) is 6.08 Å². The molecule has 106 valence electrons. The van der Waals surface area contributed by atoms with E-state index in [-0.39, 0.29) is 5.97 Å². The first-order valence-corrected chi connectivity index (χ1v) is 7.65. The van der Waals surface area contributed by atoms with Gasteiger partial charge in [-0.15, -0.1) is 0 Å². The second-order valence-corrected chi connectivity index (χ2v) is 4.88. The highest BCUT2D eigenvalue weighted by atomic mass is 16.5. The molecule has 2 nitrogen and oxygen atoms in total. The SMILES string of the molecule is CCCCCCC=COC(=O)CCCCCCC. The fourth-order valence-electron chi connectivity index (χ4n) is 1.81. The molecule has 0 heterocycles. The van der Waals surface area contributed by atoms with Crippen molar-refractivity contribution in [3.63, 3.8) is 0 Å². The van der Waals surface area contributed by atoms with Crippen LogP contribution in [0.15, 0.2) is 12.3 Å². The van der Waals surface area contributed by atoms with Crippen molar-refractivity contribution in [3.05, 3.63) is 12.3 Å². The van der Waals surface area contributed by atoms with Gasteiger partial charge in [-0.25, -0.2) is 0 Å². The summed E-state index contributed by atoms with van der Waals surface area (Å²) in [6, 6.07) is 0. The Morgan fingerprint density at radius 3 is 2.17 bits per heavy atom. The maximum Gasteiger partial charge on any atom is 0.310 e. The van der Waals surface area contributed by atoms with Crippen molar-refractivity contribution < 1.29 is 9.53 Å². The fraction of sp³-hybridized carbons (Fsp3) is 0.812. The minimum atomic E-state index is -0.0868. The van der Waals surface area contributed by atoms with Crippen molar-refractivity contribution >= 4 is 5.97 Å². The number of hydrogen-bond acceptors (Lipinski definition) is 2. The van der Waals surface area contributed by atoms with Gasteiger partial charge in [-0.3, -0.25) is 4.79 Å². The topological polar surface area (TPSA) is 26.3 Å². The van der Waals surface area contributed by atoms with Crippen LogP contribution in [0, 0.1) is 0 Å². The second-order valence-electron chi connectivity index (χ2n) is 4.88. The molecule has 0 spiro atoms. The average molecular weight is 254 g/mol. The molecule has 0 aromatic rings. The Labute approximate surface area is 113 Å². The van der Waals surface area contributed by atoms with Crippen molar-refractivity contribution in [1.82, 2.24) is 0 Å². The summed E-state index contributed by atoms with van der Waals surface area (Å²) in [6.07, 6.45) is 16.0. The largest absolute Gasteiger partial charge is 0.435 e. The molecule has 0 bridgehead atoms. The van der Waals surface area contributed by atoms with Crippen LogP contribution >= 0.6 is 0 Å². The molecule has 0 aliphatic heterocycles. The molecule has 0 aromatic heterocycles. The number of ether oxygens (including phenoxy) is 1. The molecule has 0 amide bonds. The van der Waals surface area contributed by atoms with Crippen LogP contribution in [0.1, 0.15) is 84.5 Å². The van der Waals surface area contributed by atoms with Crippen molar-refractivity contribution in [2.75, 3.05) is 0 Å². The quantitative estimate of drug-likeness (QED) is 0.266. The zero-order valence-corrected chi connectivity index (χ0v) is 12.2. The third-order valence-corrected chi connectivity index (χ3v) is 3.00. The Kier molecular flexibility index (Phi) is 13.6. The first-order chi connectivity index (χ1) is 8.81. The van der Waals surface area contributed by atoms with E-state index in [9.17, 15) is 4.79 Å². The van der Waals surface area contributed by atoms with Crippen LogP contribution < -0.4 is 0 Å². The highest BCUT2D eigenvalue weighted by molar-refractivity contribution is 5.69. The summed E-state index contributed by atoms with van der Waals surface area (Å²) < 4.78 is 5.04. The lowest BCUT2D eigenvalue weighted by atomic mass is 10.1. The molecule has 0 aromatic carbocycles. The number of unbranched alkanes of at least 4 members (excludes halogenated alkanes) is 8. The second kappa shape index (κ2) is 14.3. The lowest BCUT2D eigenvalue weighted by molar-refractivity contribution is -0.138. The van der Waals surface area contributed by atoms with Gasteiger partial charge in [0.1, 0.15) is 0 Å². The first-order valence-electron chi connectivity index (χ1n) is 7.65. The van der Waals surface area contributed by atoms with Crippen LogP contribution in [0.25, 0.3) is 0 Å². The summed E-state index contributed by atoms with van der Waals surface area (Å²) in [6.45, 7) is 4.40. The van der Waals surface area contributed by atoms with Crippen LogP contribution in [0.5, 0.6) is 0 Å². The molecule has 18 heavy (non-hydrogen) atoms. The highest BCUT2D eigenvalue weighted by Gasteiger charge is 1.99. The predicted molar refractivity (Wildman–Crippen MR) is 77.4 cm³/mol. The normalized spacial score (nSPS) is 11.0. The van der Waals surface area contributed by atoms with Gasteiger partial charge >= 0.3 is 5.97 Å². The van der Waals surface area contributed by atoms with Crippen LogP contribution in [0.2, 0.25) is 0 Å². The summed E-state index contributed by atoms with van der Waals surface area (Å²) in [5, 5.41) is 0. The maximum absolute atomic E-state index is 11.3. The standard InChI is InChI=1S/C16H30O2/c1-3-5-7-9-11-13-15-18-16(17)14-12-10-8-6-4-2/h13,15H,3-12,14H2,1-2H3. The van der Waals surface area contributed by atoms with Gasteiger partial charge in [0.05, 0.1) is 6.26 Å². The third-order valence-electron chi connectivity index (χ3n) is 3.00. The molecule has 2 heteroatoms. The van der Waals surface area contributed by atoms with Crippen molar-refractivity contribution in [2.45, 2.75) is 84.5 Å². The van der Waals surface area contributed by atoms with E-state index < -0.39 is 0 Å². The number of carbonyl (C=O) groups is 1. The van der Waals surface area contributed by atoms with Gasteiger partial charge in [-0.2, -0.15) is 0 Å². The zero-order valence-electron chi connectivity index (χ0n) is 12.2. The Hall–Kier alpha value is -0.790. The highest BCUT2D eigenvalue weighted by Crippen LogP contribution is 2.06. The molecule has 0 unspecified atom stereocenters. The molecular formula is C16H30O2. The van der Waals surface area contributed by atoms with Crippen molar-refractivity contribution in [1.29, 1.82) is 0 Å². The predicted octanol–water partition coefficient (Wildman–Crippen LogP) is 5.37. The van der Waals surface area contributed by atoms with Crippen molar-refractivity contribution in [3.8, 4) is 0 Å². The molecule has 0 rings (SSSR count). The molecular weight excluding hydrogens is 224 g/mol. The van der Waals surface area contributed by atoms with E-state index in [0.717, 1.165) is 19.3 Å². The number of hydrogen-bond donors (Lipinski definition) is 0. The van der Waals surface area contributed by atoms with E-state index in [1.54, 1.807) is 6.26 Å². The number of carbonyl (C=O) groups excluding carboxylic acids is 1. The Bertz CT molecular complexity index is 209. The molecule has 0 N–H and O–H groups in total. The lowest BCUT2D eigenvalue weighted by Gasteiger charge is -2.00. The monoisotopic (exact) mass is 254 g/mol. The molecule has 0 radical (unpaired) electrons. The fourth-order valence-corrected chi connectivity index (χ4v) is 1.81. The molecule has 0 aliphatic rings. The first kappa shape index (κ1) is 17.2. The Balaban J connectivity index is 3.27. The smallest absolute Gasteiger partial charge is 0.310 e. The summed E-state index contributed by atoms with van der Waals surface area (Å²) in [5.41, 5.74) is 0. The van der Waals surface area contributed by atoms with E-state index in [4.69, 9.17) is 4.74 Å². The molecule has 0 atom stereocenters. The summed E-state index contributed by atoms with van der Waals surface area (Å²) in [7, 11) is 0. The van der Waals surface area contributed by atoms with Gasteiger partial charge in [-0.05, 0) is 25.3 Å². The third kappa shape index (κ3) is 13.3. The number of rotatable bonds is 12. The van der Waals surface area contributed by atoms with Gasteiger partial charge in [-0.1, -0.05) is 58.8 Å². The molecule has 0 saturated heterocycles. The average Bonchev–Trinajstić information content (AvgIpc) is 2.37. The maximum atomic E-state index is 11.3. The van der Waals surface area contributed by atoms with Crippen molar-refractivity contribution in [2.24, 2.45) is 0 Å². The van der Waals surface area contributed by atoms with Crippen LogP contribution in [-0.2, 0) is 9.53 Å². The van der Waals surface area contributed by atoms with Gasteiger partial charge in [0.15, 0.2) is 0 Å². The van der Waals surface area contributed by atoms with Crippen LogP contribution in [-0.4, -0.2) is 5.97 Å². The summed E-state index contributed by atoms with van der Waals surface area (Å²) >= 11 is 0. The minimum Gasteiger partial charge on any atom is -0.435 e. The van der Waals surface area contributed by atoms with Crippen LogP contribution in [0.4, 0.5) is 0 Å². The van der Waals surface area contributed by atoms with E-state index in [1.165, 1.54) is 44.9 Å². The molecule has 0 saturated carbocycles. The van der Waals surface area contributed by atoms with Crippen LogP contribution in [0.3, 0.4) is 0 Å². The Morgan fingerprint density at radius 1 is 0.889 bits per heavy atom. The minimum absolute atomic E-state index is 0.0868. The summed E-state index contributed by atoms with van der Waals surface area (Å²) in [4.78, 5) is 11.3. The van der Waals surface area contributed by atoms with E-state index in [2.05, 4.69) is 13.8 Å². The zero-order chi connectivity index (χ0) is 13.5. The number of esters is 1. The molecule has 0 aliphatic carbocycles. The van der Waals surface area contributed by atoms with E-state index in [0.29, 0.717) is 6.42 Å².